The molecule has 5 nitrogen and oxygen atoms in total. The molecule has 1 aromatic heterocycles. The Hall–Kier alpha value is -2.93. The van der Waals surface area contributed by atoms with E-state index >= 15 is 0 Å². The fourth-order valence-electron chi connectivity index (χ4n) is 2.38. The maximum absolute atomic E-state index is 12.4. The number of halogens is 3. The molecule has 3 rings (SSSR count). The number of para-hydroxylation sites is 1. The highest BCUT2D eigenvalue weighted by Crippen LogP contribution is 2.31. The molecule has 0 amide bonds. The standard InChI is InChI=1S/C18H13ClF2N2O3/c1-25-15-9-10(6-7-14(15)26-18(20)21)8-12(19)16-22-13-5-3-2-4-11(13)17(24)23-16/h2-9,18H,1H3,(H,22,23,24)/b12-8-. The summed E-state index contributed by atoms with van der Waals surface area (Å²) in [5, 5.41) is 0.633. The van der Waals surface area contributed by atoms with E-state index in [4.69, 9.17) is 16.3 Å². The quantitative estimate of drug-likeness (QED) is 0.720. The van der Waals surface area contributed by atoms with Crippen LogP contribution in [0.15, 0.2) is 47.3 Å². The smallest absolute Gasteiger partial charge is 0.387 e. The number of nitrogens with zero attached hydrogens (tertiary/aromatic N) is 1. The van der Waals surface area contributed by atoms with Gasteiger partial charge < -0.3 is 14.5 Å². The first kappa shape index (κ1) is 17.9. The minimum Gasteiger partial charge on any atom is -0.493 e. The number of benzene rings is 2. The molecule has 8 heteroatoms. The lowest BCUT2D eigenvalue weighted by atomic mass is 10.2. The molecule has 0 spiro atoms. The van der Waals surface area contributed by atoms with Gasteiger partial charge in [-0.3, -0.25) is 4.79 Å². The molecule has 1 N–H and O–H groups in total. The molecular weight excluding hydrogens is 366 g/mol. The zero-order valence-corrected chi connectivity index (χ0v) is 14.3. The second kappa shape index (κ2) is 7.53. The van der Waals surface area contributed by atoms with Gasteiger partial charge in [-0.15, -0.1) is 0 Å². The zero-order valence-electron chi connectivity index (χ0n) is 13.5. The highest BCUT2D eigenvalue weighted by Gasteiger charge is 2.11. The summed E-state index contributed by atoms with van der Waals surface area (Å²) in [5.74, 6) is 0.235. The van der Waals surface area contributed by atoms with Crippen molar-refractivity contribution in [2.24, 2.45) is 0 Å². The molecule has 3 aromatic rings. The van der Waals surface area contributed by atoms with Gasteiger partial charge in [0.15, 0.2) is 17.3 Å². The van der Waals surface area contributed by atoms with Crippen molar-refractivity contribution >= 4 is 33.6 Å². The van der Waals surface area contributed by atoms with Gasteiger partial charge in [-0.1, -0.05) is 29.8 Å². The van der Waals surface area contributed by atoms with E-state index in [1.54, 1.807) is 24.3 Å². The Morgan fingerprint density at radius 2 is 2.00 bits per heavy atom. The average molecular weight is 379 g/mol. The van der Waals surface area contributed by atoms with Crippen molar-refractivity contribution in [3.8, 4) is 11.5 Å². The molecule has 0 bridgehead atoms. The second-order valence-corrected chi connectivity index (χ2v) is 5.62. The monoisotopic (exact) mass is 378 g/mol. The molecule has 2 aromatic carbocycles. The normalized spacial score (nSPS) is 11.8. The first-order valence-corrected chi connectivity index (χ1v) is 7.85. The van der Waals surface area contributed by atoms with Crippen LogP contribution in [-0.4, -0.2) is 23.7 Å². The van der Waals surface area contributed by atoms with Crippen LogP contribution in [0.4, 0.5) is 8.78 Å². The van der Waals surface area contributed by atoms with Gasteiger partial charge >= 0.3 is 6.61 Å². The number of fused-ring (bicyclic) bond motifs is 1. The molecule has 0 unspecified atom stereocenters. The van der Waals surface area contributed by atoms with Crippen LogP contribution in [0.1, 0.15) is 11.4 Å². The number of rotatable bonds is 5. The number of hydrogen-bond donors (Lipinski definition) is 1. The predicted molar refractivity (Wildman–Crippen MR) is 95.7 cm³/mol. The van der Waals surface area contributed by atoms with E-state index in [2.05, 4.69) is 14.7 Å². The Labute approximate surface area is 151 Å². The minimum absolute atomic E-state index is 0.0898. The van der Waals surface area contributed by atoms with Crippen molar-refractivity contribution in [3.05, 3.63) is 64.2 Å². The summed E-state index contributed by atoms with van der Waals surface area (Å²) in [6.07, 6.45) is 1.53. The van der Waals surface area contributed by atoms with Crippen molar-refractivity contribution in [1.82, 2.24) is 9.97 Å². The van der Waals surface area contributed by atoms with Gasteiger partial charge in [0.05, 0.1) is 23.0 Å². The summed E-state index contributed by atoms with van der Waals surface area (Å²) >= 11 is 6.27. The summed E-state index contributed by atoms with van der Waals surface area (Å²) < 4.78 is 34.2. The highest BCUT2D eigenvalue weighted by atomic mass is 35.5. The van der Waals surface area contributed by atoms with Crippen molar-refractivity contribution in [2.45, 2.75) is 6.61 Å². The maximum Gasteiger partial charge on any atom is 0.387 e. The molecule has 1 heterocycles. The second-order valence-electron chi connectivity index (χ2n) is 5.21. The lowest BCUT2D eigenvalue weighted by molar-refractivity contribution is -0.0512. The number of nitrogens with one attached hydrogen (secondary N) is 1. The summed E-state index contributed by atoms with van der Waals surface area (Å²) in [7, 11) is 1.34. The van der Waals surface area contributed by atoms with E-state index in [9.17, 15) is 13.6 Å². The number of hydrogen-bond acceptors (Lipinski definition) is 4. The molecule has 26 heavy (non-hydrogen) atoms. The van der Waals surface area contributed by atoms with Gasteiger partial charge in [0.2, 0.25) is 0 Å². The Morgan fingerprint density at radius 3 is 2.73 bits per heavy atom. The van der Waals surface area contributed by atoms with Crippen molar-refractivity contribution < 1.29 is 18.3 Å². The first-order chi connectivity index (χ1) is 12.5. The van der Waals surface area contributed by atoms with E-state index < -0.39 is 6.61 Å². The Balaban J connectivity index is 1.98. The number of alkyl halides is 2. The Morgan fingerprint density at radius 1 is 1.23 bits per heavy atom. The van der Waals surface area contributed by atoms with E-state index in [0.29, 0.717) is 16.5 Å². The summed E-state index contributed by atoms with van der Waals surface area (Å²) in [6, 6.07) is 11.2. The van der Waals surface area contributed by atoms with Crippen LogP contribution in [0.3, 0.4) is 0 Å². The van der Waals surface area contributed by atoms with Crippen LogP contribution in [0.25, 0.3) is 22.0 Å². The molecule has 0 fully saturated rings. The van der Waals surface area contributed by atoms with Gasteiger partial charge in [0, 0.05) is 0 Å². The van der Waals surface area contributed by atoms with Crippen molar-refractivity contribution in [2.75, 3.05) is 7.11 Å². The van der Waals surface area contributed by atoms with Crippen molar-refractivity contribution in [1.29, 1.82) is 0 Å². The third kappa shape index (κ3) is 3.83. The number of methoxy groups -OCH3 is 1. The molecule has 0 atom stereocenters. The lowest BCUT2D eigenvalue weighted by Gasteiger charge is -2.10. The molecule has 0 aliphatic carbocycles. The molecule has 0 aliphatic heterocycles. The largest absolute Gasteiger partial charge is 0.493 e. The molecule has 0 aliphatic rings. The average Bonchev–Trinajstić information content (AvgIpc) is 2.62. The van der Waals surface area contributed by atoms with E-state index in [0.717, 1.165) is 0 Å². The summed E-state index contributed by atoms with van der Waals surface area (Å²) in [5.41, 5.74) is 0.760. The molecule has 134 valence electrons. The van der Waals surface area contributed by atoms with E-state index in [-0.39, 0.29) is 27.9 Å². The van der Waals surface area contributed by atoms with Crippen LogP contribution in [0.5, 0.6) is 11.5 Å². The molecule has 0 saturated carbocycles. The summed E-state index contributed by atoms with van der Waals surface area (Å²) in [4.78, 5) is 19.1. The number of aromatic amines is 1. The Kier molecular flexibility index (Phi) is 5.18. The Bertz CT molecular complexity index is 1030. The molecule has 0 saturated heterocycles. The fourth-order valence-corrected chi connectivity index (χ4v) is 2.60. The van der Waals surface area contributed by atoms with Crippen LogP contribution in [0, 0.1) is 0 Å². The zero-order chi connectivity index (χ0) is 18.7. The lowest BCUT2D eigenvalue weighted by Crippen LogP contribution is -2.10. The first-order valence-electron chi connectivity index (χ1n) is 7.47. The van der Waals surface area contributed by atoms with Gasteiger partial charge in [-0.25, -0.2) is 4.98 Å². The SMILES string of the molecule is COc1cc(/C=C(\Cl)c2nc3ccccc3c(=O)[nH]2)ccc1OC(F)F. The molecule has 0 radical (unpaired) electrons. The number of ether oxygens (including phenoxy) is 2. The van der Waals surface area contributed by atoms with E-state index in [1.165, 1.54) is 31.4 Å². The van der Waals surface area contributed by atoms with Crippen LogP contribution < -0.4 is 15.0 Å². The topological polar surface area (TPSA) is 64.2 Å². The van der Waals surface area contributed by atoms with Gasteiger partial charge in [0.1, 0.15) is 0 Å². The van der Waals surface area contributed by atoms with Crippen LogP contribution >= 0.6 is 11.6 Å². The van der Waals surface area contributed by atoms with Gasteiger partial charge in [0.25, 0.3) is 5.56 Å². The maximum atomic E-state index is 12.4. The van der Waals surface area contributed by atoms with Crippen LogP contribution in [-0.2, 0) is 0 Å². The number of aromatic nitrogens is 2. The predicted octanol–water partition coefficient (Wildman–Crippen LogP) is 4.27. The molecular formula is C18H13ClF2N2O3. The minimum atomic E-state index is -2.96. The van der Waals surface area contributed by atoms with Crippen molar-refractivity contribution in [3.63, 3.8) is 0 Å². The van der Waals surface area contributed by atoms with Crippen LogP contribution in [0.2, 0.25) is 0 Å². The van der Waals surface area contributed by atoms with Gasteiger partial charge in [-0.2, -0.15) is 8.78 Å². The van der Waals surface area contributed by atoms with E-state index in [1.807, 2.05) is 0 Å². The fraction of sp³-hybridized carbons (Fsp3) is 0.111. The highest BCUT2D eigenvalue weighted by molar-refractivity contribution is 6.50. The summed E-state index contributed by atoms with van der Waals surface area (Å²) in [6.45, 7) is -2.96. The third-order valence-electron chi connectivity index (χ3n) is 3.54. The number of H-pyrrole nitrogens is 1. The van der Waals surface area contributed by atoms with Gasteiger partial charge in [-0.05, 0) is 35.9 Å². The third-order valence-corrected chi connectivity index (χ3v) is 3.82.